The molecule has 0 unspecified atom stereocenters. The predicted molar refractivity (Wildman–Crippen MR) is 91.5 cm³/mol. The molecular formula is C16H17BrN2O3. The highest BCUT2D eigenvalue weighted by atomic mass is 79.9. The summed E-state index contributed by atoms with van der Waals surface area (Å²) in [5.74, 6) is 2.10. The van der Waals surface area contributed by atoms with Crippen molar-refractivity contribution in [3.8, 4) is 17.2 Å². The van der Waals surface area contributed by atoms with Gasteiger partial charge in [0.2, 0.25) is 0 Å². The largest absolute Gasteiger partial charge is 0.497 e. The van der Waals surface area contributed by atoms with Crippen LogP contribution in [0.5, 0.6) is 17.2 Å². The number of hydrazone groups is 1. The van der Waals surface area contributed by atoms with Crippen LogP contribution in [0, 0.1) is 0 Å². The summed E-state index contributed by atoms with van der Waals surface area (Å²) in [6.07, 6.45) is 1.70. The number of halogens is 1. The molecule has 0 fully saturated rings. The van der Waals surface area contributed by atoms with E-state index in [1.165, 1.54) is 0 Å². The fraction of sp³-hybridized carbons (Fsp3) is 0.188. The van der Waals surface area contributed by atoms with E-state index in [1.54, 1.807) is 27.5 Å². The molecule has 5 nitrogen and oxygen atoms in total. The second-order valence-electron chi connectivity index (χ2n) is 4.30. The number of hydrogen-bond acceptors (Lipinski definition) is 5. The highest BCUT2D eigenvalue weighted by Crippen LogP contribution is 2.36. The van der Waals surface area contributed by atoms with Crippen molar-refractivity contribution in [3.63, 3.8) is 0 Å². The van der Waals surface area contributed by atoms with E-state index >= 15 is 0 Å². The smallest absolute Gasteiger partial charge is 0.175 e. The molecular weight excluding hydrogens is 348 g/mol. The number of methoxy groups -OCH3 is 3. The van der Waals surface area contributed by atoms with Crippen LogP contribution in [0.3, 0.4) is 0 Å². The van der Waals surface area contributed by atoms with Crippen molar-refractivity contribution >= 4 is 27.8 Å². The maximum atomic E-state index is 5.33. The van der Waals surface area contributed by atoms with Crippen molar-refractivity contribution in [2.24, 2.45) is 5.10 Å². The Morgan fingerprint density at radius 2 is 1.68 bits per heavy atom. The van der Waals surface area contributed by atoms with Gasteiger partial charge in [0.05, 0.1) is 37.7 Å². The highest BCUT2D eigenvalue weighted by molar-refractivity contribution is 9.10. The molecule has 22 heavy (non-hydrogen) atoms. The normalized spacial score (nSPS) is 10.5. The lowest BCUT2D eigenvalue weighted by atomic mass is 10.2. The molecule has 6 heteroatoms. The van der Waals surface area contributed by atoms with E-state index in [2.05, 4.69) is 26.5 Å². The molecule has 0 aliphatic carbocycles. The standard InChI is InChI=1S/C16H17BrN2O3/c1-20-13-7-5-12(6-8-13)19-18-10-11-4-9-14(21-2)16(22-3)15(11)17/h4-10,19H,1-3H3/b18-10+. The Kier molecular flexibility index (Phi) is 5.66. The van der Waals surface area contributed by atoms with Gasteiger partial charge in [-0.1, -0.05) is 0 Å². The third kappa shape index (κ3) is 3.71. The van der Waals surface area contributed by atoms with Crippen molar-refractivity contribution in [1.82, 2.24) is 0 Å². The number of rotatable bonds is 6. The quantitative estimate of drug-likeness (QED) is 0.623. The Morgan fingerprint density at radius 3 is 2.27 bits per heavy atom. The van der Waals surface area contributed by atoms with Crippen LogP contribution in [-0.2, 0) is 0 Å². The van der Waals surface area contributed by atoms with E-state index < -0.39 is 0 Å². The molecule has 0 spiro atoms. The number of benzene rings is 2. The van der Waals surface area contributed by atoms with Crippen LogP contribution in [0.1, 0.15) is 5.56 Å². The molecule has 0 saturated heterocycles. The third-order valence-corrected chi connectivity index (χ3v) is 3.82. The maximum absolute atomic E-state index is 5.33. The second kappa shape index (κ2) is 7.70. The van der Waals surface area contributed by atoms with Crippen LogP contribution < -0.4 is 19.6 Å². The molecule has 0 aliphatic rings. The zero-order valence-corrected chi connectivity index (χ0v) is 14.2. The van der Waals surface area contributed by atoms with E-state index in [-0.39, 0.29) is 0 Å². The molecule has 2 aromatic carbocycles. The second-order valence-corrected chi connectivity index (χ2v) is 5.10. The summed E-state index contributed by atoms with van der Waals surface area (Å²) < 4.78 is 16.5. The summed E-state index contributed by atoms with van der Waals surface area (Å²) in [4.78, 5) is 0. The van der Waals surface area contributed by atoms with Crippen LogP contribution in [0.4, 0.5) is 5.69 Å². The zero-order valence-electron chi connectivity index (χ0n) is 12.6. The monoisotopic (exact) mass is 364 g/mol. The van der Waals surface area contributed by atoms with Gasteiger partial charge in [0.25, 0.3) is 0 Å². The number of nitrogens with one attached hydrogen (secondary N) is 1. The lowest BCUT2D eigenvalue weighted by Gasteiger charge is -2.10. The molecule has 116 valence electrons. The van der Waals surface area contributed by atoms with Crippen molar-refractivity contribution in [2.75, 3.05) is 26.8 Å². The van der Waals surface area contributed by atoms with Gasteiger partial charge in [0.15, 0.2) is 11.5 Å². The van der Waals surface area contributed by atoms with Crippen LogP contribution in [0.2, 0.25) is 0 Å². The summed E-state index contributed by atoms with van der Waals surface area (Å²) in [7, 11) is 4.83. The summed E-state index contributed by atoms with van der Waals surface area (Å²) >= 11 is 3.50. The van der Waals surface area contributed by atoms with Gasteiger partial charge in [-0.2, -0.15) is 5.10 Å². The minimum absolute atomic E-state index is 0.635. The molecule has 0 saturated carbocycles. The summed E-state index contributed by atoms with van der Waals surface area (Å²) in [5, 5.41) is 4.22. The molecule has 0 amide bonds. The van der Waals surface area contributed by atoms with Gasteiger partial charge in [-0.05, 0) is 52.3 Å². The molecule has 0 aliphatic heterocycles. The van der Waals surface area contributed by atoms with Crippen LogP contribution >= 0.6 is 15.9 Å². The minimum Gasteiger partial charge on any atom is -0.497 e. The van der Waals surface area contributed by atoms with Gasteiger partial charge in [-0.3, -0.25) is 5.43 Å². The van der Waals surface area contributed by atoms with Crippen LogP contribution in [-0.4, -0.2) is 27.5 Å². The molecule has 0 aromatic heterocycles. The summed E-state index contributed by atoms with van der Waals surface area (Å²) in [6, 6.07) is 11.2. The van der Waals surface area contributed by atoms with E-state index in [0.29, 0.717) is 11.5 Å². The topological polar surface area (TPSA) is 52.1 Å². The van der Waals surface area contributed by atoms with E-state index in [9.17, 15) is 0 Å². The first kappa shape index (κ1) is 16.2. The first-order valence-electron chi connectivity index (χ1n) is 6.53. The number of hydrogen-bond donors (Lipinski definition) is 1. The Labute approximate surface area is 138 Å². The van der Waals surface area contributed by atoms with Crippen molar-refractivity contribution in [1.29, 1.82) is 0 Å². The number of ether oxygens (including phenoxy) is 3. The highest BCUT2D eigenvalue weighted by Gasteiger charge is 2.11. The number of nitrogens with zero attached hydrogens (tertiary/aromatic N) is 1. The Hall–Kier alpha value is -2.21. The van der Waals surface area contributed by atoms with Crippen LogP contribution in [0.25, 0.3) is 0 Å². The van der Waals surface area contributed by atoms with Crippen LogP contribution in [0.15, 0.2) is 46.0 Å². The molecule has 0 atom stereocenters. The number of anilines is 1. The van der Waals surface area contributed by atoms with Crippen molar-refractivity contribution in [2.45, 2.75) is 0 Å². The van der Waals surface area contributed by atoms with Crippen molar-refractivity contribution in [3.05, 3.63) is 46.4 Å². The van der Waals surface area contributed by atoms with Gasteiger partial charge in [0.1, 0.15) is 5.75 Å². The zero-order chi connectivity index (χ0) is 15.9. The van der Waals surface area contributed by atoms with E-state index in [0.717, 1.165) is 21.5 Å². The molecule has 0 heterocycles. The average molecular weight is 365 g/mol. The maximum Gasteiger partial charge on any atom is 0.175 e. The van der Waals surface area contributed by atoms with Gasteiger partial charge in [0, 0.05) is 5.56 Å². The molecule has 2 aromatic rings. The lowest BCUT2D eigenvalue weighted by molar-refractivity contribution is 0.353. The van der Waals surface area contributed by atoms with Gasteiger partial charge < -0.3 is 14.2 Å². The Bertz CT molecular complexity index is 657. The SMILES string of the molecule is COc1ccc(N/N=C/c2ccc(OC)c(OC)c2Br)cc1. The van der Waals surface area contributed by atoms with E-state index in [1.807, 2.05) is 36.4 Å². The summed E-state index contributed by atoms with van der Waals surface area (Å²) in [5.41, 5.74) is 4.70. The molecule has 2 rings (SSSR count). The Morgan fingerprint density at radius 1 is 0.955 bits per heavy atom. The minimum atomic E-state index is 0.635. The summed E-state index contributed by atoms with van der Waals surface area (Å²) in [6.45, 7) is 0. The van der Waals surface area contributed by atoms with Gasteiger partial charge in [-0.25, -0.2) is 0 Å². The molecule has 1 N–H and O–H groups in total. The fourth-order valence-electron chi connectivity index (χ4n) is 1.85. The molecule has 0 bridgehead atoms. The first-order chi connectivity index (χ1) is 10.7. The van der Waals surface area contributed by atoms with Gasteiger partial charge in [-0.15, -0.1) is 0 Å². The lowest BCUT2D eigenvalue weighted by Crippen LogP contribution is -1.96. The van der Waals surface area contributed by atoms with Crippen molar-refractivity contribution < 1.29 is 14.2 Å². The first-order valence-corrected chi connectivity index (χ1v) is 7.32. The average Bonchev–Trinajstić information content (AvgIpc) is 2.56. The Balaban J connectivity index is 2.12. The fourth-order valence-corrected chi connectivity index (χ4v) is 2.44. The third-order valence-electron chi connectivity index (χ3n) is 3.00. The molecule has 0 radical (unpaired) electrons. The predicted octanol–water partition coefficient (Wildman–Crippen LogP) is 3.92. The van der Waals surface area contributed by atoms with E-state index in [4.69, 9.17) is 14.2 Å². The van der Waals surface area contributed by atoms with Gasteiger partial charge >= 0.3 is 0 Å².